The Morgan fingerprint density at radius 2 is 2.18 bits per heavy atom. The first-order chi connectivity index (χ1) is 8.02. The van der Waals surface area contributed by atoms with E-state index in [0.717, 1.165) is 10.6 Å². The maximum Gasteiger partial charge on any atom is 0.316 e. The molecule has 1 aromatic rings. The van der Waals surface area contributed by atoms with Crippen molar-refractivity contribution in [3.63, 3.8) is 0 Å². The fourth-order valence-corrected chi connectivity index (χ4v) is 1.98. The first-order valence-electron chi connectivity index (χ1n) is 5.28. The third kappa shape index (κ3) is 4.56. The normalized spacial score (nSPS) is 10.4. The summed E-state index contributed by atoms with van der Waals surface area (Å²) in [6.45, 7) is 3.64. The molecule has 2 N–H and O–H groups in total. The maximum atomic E-state index is 11.4. The molecule has 0 amide bonds. The number of anilines is 1. The summed E-state index contributed by atoms with van der Waals surface area (Å²) in [5, 5.41) is 0. The second-order valence-corrected chi connectivity index (χ2v) is 4.75. The van der Waals surface area contributed by atoms with Gasteiger partial charge in [-0.25, -0.2) is 0 Å². The number of benzene rings is 1. The van der Waals surface area contributed by atoms with Gasteiger partial charge in [0.05, 0.1) is 19.0 Å². The molecule has 0 aromatic heterocycles. The molecular formula is C12H17NO3S. The zero-order valence-corrected chi connectivity index (χ0v) is 11.0. The number of nitrogen functional groups attached to an aromatic ring is 1. The van der Waals surface area contributed by atoms with Gasteiger partial charge < -0.3 is 15.2 Å². The van der Waals surface area contributed by atoms with Crippen LogP contribution in [0.1, 0.15) is 13.8 Å². The summed E-state index contributed by atoms with van der Waals surface area (Å²) in [5.41, 5.74) is 6.44. The minimum absolute atomic E-state index is 0.0919. The number of carbonyl (C=O) groups excluding carboxylic acids is 1. The van der Waals surface area contributed by atoms with Crippen LogP contribution in [0.2, 0.25) is 0 Å². The third-order valence-electron chi connectivity index (χ3n) is 1.93. The molecule has 0 heterocycles. The van der Waals surface area contributed by atoms with Crippen LogP contribution in [0.25, 0.3) is 0 Å². The van der Waals surface area contributed by atoms with Gasteiger partial charge in [-0.05, 0) is 32.0 Å². The number of ether oxygens (including phenoxy) is 2. The number of hydrogen-bond acceptors (Lipinski definition) is 5. The van der Waals surface area contributed by atoms with Crippen molar-refractivity contribution >= 4 is 23.4 Å². The van der Waals surface area contributed by atoms with Crippen LogP contribution in [0.3, 0.4) is 0 Å². The highest BCUT2D eigenvalue weighted by molar-refractivity contribution is 8.00. The standard InChI is InChI=1S/C12H17NO3S/c1-8(2)16-12(14)7-17-11-6-9(15-3)4-5-10(11)13/h4-6,8H,7,13H2,1-3H3. The molecule has 1 rings (SSSR count). The molecule has 0 fully saturated rings. The number of esters is 1. The monoisotopic (exact) mass is 255 g/mol. The molecule has 0 saturated carbocycles. The van der Waals surface area contributed by atoms with E-state index in [-0.39, 0.29) is 17.8 Å². The molecule has 0 bridgehead atoms. The molecule has 0 spiro atoms. The summed E-state index contributed by atoms with van der Waals surface area (Å²) in [4.78, 5) is 12.2. The van der Waals surface area contributed by atoms with Crippen molar-refractivity contribution in [2.45, 2.75) is 24.8 Å². The molecule has 0 radical (unpaired) electrons. The van der Waals surface area contributed by atoms with Crippen LogP contribution in [-0.2, 0) is 9.53 Å². The van der Waals surface area contributed by atoms with Crippen LogP contribution in [0, 0.1) is 0 Å². The Labute approximate surface area is 105 Å². The first kappa shape index (κ1) is 13.7. The quantitative estimate of drug-likeness (QED) is 0.497. The third-order valence-corrected chi connectivity index (χ3v) is 2.98. The molecule has 4 nitrogen and oxygen atoms in total. The largest absolute Gasteiger partial charge is 0.497 e. The second-order valence-electron chi connectivity index (χ2n) is 3.73. The number of hydrogen-bond donors (Lipinski definition) is 1. The number of rotatable bonds is 5. The lowest BCUT2D eigenvalue weighted by Crippen LogP contribution is -2.13. The molecule has 17 heavy (non-hydrogen) atoms. The Morgan fingerprint density at radius 1 is 1.47 bits per heavy atom. The summed E-state index contributed by atoms with van der Waals surface area (Å²) in [6.07, 6.45) is -0.0919. The average Bonchev–Trinajstić information content (AvgIpc) is 2.27. The van der Waals surface area contributed by atoms with Crippen LogP contribution in [-0.4, -0.2) is 24.9 Å². The summed E-state index contributed by atoms with van der Waals surface area (Å²) < 4.78 is 10.1. The van der Waals surface area contributed by atoms with Crippen molar-refractivity contribution in [1.82, 2.24) is 0 Å². The van der Waals surface area contributed by atoms with E-state index >= 15 is 0 Å². The van der Waals surface area contributed by atoms with Crippen molar-refractivity contribution in [3.05, 3.63) is 18.2 Å². The predicted molar refractivity (Wildman–Crippen MR) is 69.4 cm³/mol. The highest BCUT2D eigenvalue weighted by atomic mass is 32.2. The van der Waals surface area contributed by atoms with Gasteiger partial charge in [0.2, 0.25) is 0 Å². The van der Waals surface area contributed by atoms with E-state index in [1.807, 2.05) is 19.9 Å². The van der Waals surface area contributed by atoms with E-state index in [1.165, 1.54) is 11.8 Å². The van der Waals surface area contributed by atoms with Crippen molar-refractivity contribution in [1.29, 1.82) is 0 Å². The fraction of sp³-hybridized carbons (Fsp3) is 0.417. The zero-order chi connectivity index (χ0) is 12.8. The van der Waals surface area contributed by atoms with E-state index in [9.17, 15) is 4.79 Å². The Balaban J connectivity index is 2.59. The average molecular weight is 255 g/mol. The van der Waals surface area contributed by atoms with E-state index in [4.69, 9.17) is 15.2 Å². The minimum atomic E-state index is -0.243. The number of thioether (sulfide) groups is 1. The molecule has 0 aliphatic rings. The molecule has 0 aliphatic heterocycles. The first-order valence-corrected chi connectivity index (χ1v) is 6.27. The maximum absolute atomic E-state index is 11.4. The van der Waals surface area contributed by atoms with Crippen molar-refractivity contribution in [2.24, 2.45) is 0 Å². The van der Waals surface area contributed by atoms with Gasteiger partial charge in [0.1, 0.15) is 5.75 Å². The van der Waals surface area contributed by atoms with Gasteiger partial charge in [0, 0.05) is 10.6 Å². The van der Waals surface area contributed by atoms with Gasteiger partial charge in [-0.3, -0.25) is 4.79 Å². The number of methoxy groups -OCH3 is 1. The van der Waals surface area contributed by atoms with Crippen molar-refractivity contribution in [3.8, 4) is 5.75 Å². The Morgan fingerprint density at radius 3 is 2.76 bits per heavy atom. The minimum Gasteiger partial charge on any atom is -0.497 e. The lowest BCUT2D eigenvalue weighted by molar-refractivity contribution is -0.144. The molecule has 0 aliphatic carbocycles. The lowest BCUT2D eigenvalue weighted by atomic mass is 10.3. The van der Waals surface area contributed by atoms with Crippen LogP contribution >= 0.6 is 11.8 Å². The Kier molecular flexibility index (Phi) is 5.15. The second kappa shape index (κ2) is 6.39. The topological polar surface area (TPSA) is 61.5 Å². The zero-order valence-electron chi connectivity index (χ0n) is 10.2. The molecular weight excluding hydrogens is 238 g/mol. The molecule has 94 valence electrons. The summed E-state index contributed by atoms with van der Waals surface area (Å²) in [6, 6.07) is 5.35. The van der Waals surface area contributed by atoms with Gasteiger partial charge >= 0.3 is 5.97 Å². The molecule has 0 unspecified atom stereocenters. The van der Waals surface area contributed by atoms with Crippen LogP contribution in [0.5, 0.6) is 5.75 Å². The van der Waals surface area contributed by atoms with Gasteiger partial charge in [0.25, 0.3) is 0 Å². The van der Waals surface area contributed by atoms with Gasteiger partial charge in [0.15, 0.2) is 0 Å². The fourth-order valence-electron chi connectivity index (χ4n) is 1.20. The van der Waals surface area contributed by atoms with Crippen molar-refractivity contribution < 1.29 is 14.3 Å². The smallest absolute Gasteiger partial charge is 0.316 e. The lowest BCUT2D eigenvalue weighted by Gasteiger charge is -2.09. The Hall–Kier alpha value is -1.36. The highest BCUT2D eigenvalue weighted by Crippen LogP contribution is 2.29. The molecule has 0 atom stereocenters. The van der Waals surface area contributed by atoms with Crippen LogP contribution in [0.4, 0.5) is 5.69 Å². The molecule has 5 heteroatoms. The SMILES string of the molecule is COc1ccc(N)c(SCC(=O)OC(C)C)c1. The highest BCUT2D eigenvalue weighted by Gasteiger charge is 2.09. The predicted octanol–water partition coefficient (Wildman–Crippen LogP) is 2.32. The van der Waals surface area contributed by atoms with Gasteiger partial charge in [-0.15, -0.1) is 11.8 Å². The van der Waals surface area contributed by atoms with E-state index in [0.29, 0.717) is 5.69 Å². The van der Waals surface area contributed by atoms with E-state index in [1.54, 1.807) is 19.2 Å². The van der Waals surface area contributed by atoms with Crippen LogP contribution < -0.4 is 10.5 Å². The molecule has 1 aromatic carbocycles. The van der Waals surface area contributed by atoms with E-state index in [2.05, 4.69) is 0 Å². The van der Waals surface area contributed by atoms with Gasteiger partial charge in [-0.2, -0.15) is 0 Å². The molecule has 0 saturated heterocycles. The van der Waals surface area contributed by atoms with Crippen LogP contribution in [0.15, 0.2) is 23.1 Å². The van der Waals surface area contributed by atoms with Gasteiger partial charge in [-0.1, -0.05) is 0 Å². The van der Waals surface area contributed by atoms with E-state index < -0.39 is 0 Å². The summed E-state index contributed by atoms with van der Waals surface area (Å²) >= 11 is 1.35. The van der Waals surface area contributed by atoms with Crippen molar-refractivity contribution in [2.75, 3.05) is 18.6 Å². The number of nitrogens with two attached hydrogens (primary N) is 1. The Bertz CT molecular complexity index is 393. The summed E-state index contributed by atoms with van der Waals surface area (Å²) in [5.74, 6) is 0.723. The summed E-state index contributed by atoms with van der Waals surface area (Å²) in [7, 11) is 1.59. The number of carbonyl (C=O) groups is 1.